The van der Waals surface area contributed by atoms with Crippen molar-refractivity contribution in [2.75, 3.05) is 31.6 Å². The van der Waals surface area contributed by atoms with Gasteiger partial charge in [-0.3, -0.25) is 0 Å². The topological polar surface area (TPSA) is 46.2 Å². The summed E-state index contributed by atoms with van der Waals surface area (Å²) in [4.78, 5) is 4.71. The van der Waals surface area contributed by atoms with Crippen molar-refractivity contribution in [3.8, 4) is 0 Å². The van der Waals surface area contributed by atoms with Gasteiger partial charge in [0.15, 0.2) is 0 Å². The van der Waals surface area contributed by atoms with Crippen molar-refractivity contribution in [2.45, 2.75) is 38.2 Å². The molecule has 2 aliphatic heterocycles. The van der Waals surface area contributed by atoms with Crippen LogP contribution in [0.3, 0.4) is 0 Å². The van der Waals surface area contributed by atoms with Crippen molar-refractivity contribution in [1.29, 1.82) is 0 Å². The highest BCUT2D eigenvalue weighted by Gasteiger charge is 2.16. The first kappa shape index (κ1) is 12.9. The number of unbranched alkanes of at least 4 members (excludes halogenated alkanes) is 1. The molecular weight excluding hydrogens is 238 g/mol. The highest BCUT2D eigenvalue weighted by Crippen LogP contribution is 2.20. The molecule has 0 spiro atoms. The number of pyridine rings is 1. The van der Waals surface area contributed by atoms with Crippen LogP contribution in [-0.2, 0) is 17.6 Å². The maximum atomic E-state index is 5.71. The molecule has 1 saturated heterocycles. The van der Waals surface area contributed by atoms with Crippen LogP contribution in [0, 0.1) is 0 Å². The number of fused-ring (bicyclic) bond motifs is 1. The van der Waals surface area contributed by atoms with Gasteiger partial charge in [0.2, 0.25) is 0 Å². The Labute approximate surface area is 115 Å². The molecule has 0 saturated carbocycles. The SMILES string of the molecule is c1cc2c(nc1CCCCOC1CNC1)NCCC2. The number of nitrogens with zero attached hydrogens (tertiary/aromatic N) is 1. The third-order valence-corrected chi connectivity index (χ3v) is 3.88. The molecule has 0 aromatic carbocycles. The van der Waals surface area contributed by atoms with E-state index >= 15 is 0 Å². The van der Waals surface area contributed by atoms with Gasteiger partial charge in [0, 0.05) is 31.9 Å². The van der Waals surface area contributed by atoms with Crippen molar-refractivity contribution in [3.05, 3.63) is 23.4 Å². The standard InChI is InChI=1S/C15H23N3O/c1(2-9-19-14-10-16-11-14)5-13-7-6-12-4-3-8-17-15(12)18-13/h6-7,14,16H,1-5,8-11H2,(H,17,18). The summed E-state index contributed by atoms with van der Waals surface area (Å²) in [6.45, 7) is 4.00. The highest BCUT2D eigenvalue weighted by atomic mass is 16.5. The number of rotatable bonds is 6. The summed E-state index contributed by atoms with van der Waals surface area (Å²) in [7, 11) is 0. The fraction of sp³-hybridized carbons (Fsp3) is 0.667. The van der Waals surface area contributed by atoms with E-state index in [0.717, 1.165) is 51.3 Å². The van der Waals surface area contributed by atoms with Gasteiger partial charge >= 0.3 is 0 Å². The Morgan fingerprint density at radius 1 is 1.26 bits per heavy atom. The summed E-state index contributed by atoms with van der Waals surface area (Å²) < 4.78 is 5.71. The first-order valence-corrected chi connectivity index (χ1v) is 7.47. The molecule has 2 aliphatic rings. The Balaban J connectivity index is 1.39. The first-order chi connectivity index (χ1) is 9.42. The Morgan fingerprint density at radius 3 is 3.05 bits per heavy atom. The van der Waals surface area contributed by atoms with Gasteiger partial charge in [-0.1, -0.05) is 6.07 Å². The monoisotopic (exact) mass is 261 g/mol. The number of aromatic nitrogens is 1. The number of ether oxygens (including phenoxy) is 1. The molecule has 0 atom stereocenters. The van der Waals surface area contributed by atoms with E-state index in [-0.39, 0.29) is 0 Å². The molecule has 3 rings (SSSR count). The van der Waals surface area contributed by atoms with Crippen molar-refractivity contribution in [3.63, 3.8) is 0 Å². The molecular formula is C15H23N3O. The second-order valence-electron chi connectivity index (χ2n) is 5.45. The van der Waals surface area contributed by atoms with Gasteiger partial charge in [-0.05, 0) is 43.7 Å². The van der Waals surface area contributed by atoms with Crippen LogP contribution >= 0.6 is 0 Å². The zero-order chi connectivity index (χ0) is 12.9. The van der Waals surface area contributed by atoms with Gasteiger partial charge in [-0.25, -0.2) is 4.98 Å². The molecule has 4 nitrogen and oxygen atoms in total. The second kappa shape index (κ2) is 6.35. The highest BCUT2D eigenvalue weighted by molar-refractivity contribution is 5.46. The smallest absolute Gasteiger partial charge is 0.129 e. The molecule has 0 radical (unpaired) electrons. The molecule has 19 heavy (non-hydrogen) atoms. The van der Waals surface area contributed by atoms with Gasteiger partial charge in [-0.15, -0.1) is 0 Å². The molecule has 0 bridgehead atoms. The second-order valence-corrected chi connectivity index (χ2v) is 5.45. The molecule has 3 heterocycles. The van der Waals surface area contributed by atoms with Gasteiger partial charge in [0.05, 0.1) is 6.10 Å². The summed E-state index contributed by atoms with van der Waals surface area (Å²) in [5.41, 5.74) is 2.58. The molecule has 104 valence electrons. The van der Waals surface area contributed by atoms with E-state index in [1.54, 1.807) is 0 Å². The third-order valence-electron chi connectivity index (χ3n) is 3.88. The normalized spacial score (nSPS) is 18.5. The zero-order valence-electron chi connectivity index (χ0n) is 11.5. The molecule has 0 amide bonds. The summed E-state index contributed by atoms with van der Waals surface area (Å²) in [6.07, 6.45) is 6.20. The minimum atomic E-state index is 0.464. The van der Waals surface area contributed by atoms with Crippen molar-refractivity contribution in [1.82, 2.24) is 10.3 Å². The summed E-state index contributed by atoms with van der Waals surface area (Å²) in [5, 5.41) is 6.61. The fourth-order valence-electron chi connectivity index (χ4n) is 2.55. The van der Waals surface area contributed by atoms with E-state index in [0.29, 0.717) is 6.10 Å². The van der Waals surface area contributed by atoms with Crippen LogP contribution in [0.15, 0.2) is 12.1 Å². The van der Waals surface area contributed by atoms with E-state index in [1.807, 2.05) is 0 Å². The lowest BCUT2D eigenvalue weighted by atomic mass is 10.1. The maximum absolute atomic E-state index is 5.71. The third kappa shape index (κ3) is 3.45. The Hall–Kier alpha value is -1.13. The molecule has 1 aromatic rings. The predicted octanol–water partition coefficient (Wildman–Crippen LogP) is 1.75. The van der Waals surface area contributed by atoms with Gasteiger partial charge in [0.25, 0.3) is 0 Å². The summed E-state index contributed by atoms with van der Waals surface area (Å²) >= 11 is 0. The van der Waals surface area contributed by atoms with Crippen LogP contribution in [0.5, 0.6) is 0 Å². The van der Waals surface area contributed by atoms with Gasteiger partial charge in [-0.2, -0.15) is 0 Å². The largest absolute Gasteiger partial charge is 0.376 e. The molecule has 2 N–H and O–H groups in total. The van der Waals surface area contributed by atoms with Crippen LogP contribution < -0.4 is 10.6 Å². The van der Waals surface area contributed by atoms with E-state index in [2.05, 4.69) is 22.8 Å². The lowest BCUT2D eigenvalue weighted by Crippen LogP contribution is -2.48. The van der Waals surface area contributed by atoms with Crippen molar-refractivity contribution in [2.24, 2.45) is 0 Å². The lowest BCUT2D eigenvalue weighted by molar-refractivity contribution is 0.0172. The van der Waals surface area contributed by atoms with E-state index in [1.165, 1.54) is 24.1 Å². The average molecular weight is 261 g/mol. The maximum Gasteiger partial charge on any atom is 0.129 e. The summed E-state index contributed by atoms with van der Waals surface area (Å²) in [5.74, 6) is 1.11. The van der Waals surface area contributed by atoms with E-state index in [9.17, 15) is 0 Å². The zero-order valence-corrected chi connectivity index (χ0v) is 11.5. The van der Waals surface area contributed by atoms with Crippen LogP contribution in [0.4, 0.5) is 5.82 Å². The van der Waals surface area contributed by atoms with Crippen LogP contribution in [0.1, 0.15) is 30.5 Å². The average Bonchev–Trinajstić information content (AvgIpc) is 2.40. The number of hydrogen-bond acceptors (Lipinski definition) is 4. The minimum absolute atomic E-state index is 0.464. The summed E-state index contributed by atoms with van der Waals surface area (Å²) in [6, 6.07) is 4.42. The molecule has 0 aliphatic carbocycles. The molecule has 4 heteroatoms. The fourth-order valence-corrected chi connectivity index (χ4v) is 2.55. The molecule has 1 fully saturated rings. The minimum Gasteiger partial charge on any atom is -0.376 e. The predicted molar refractivity (Wildman–Crippen MR) is 76.6 cm³/mol. The van der Waals surface area contributed by atoms with Crippen molar-refractivity contribution >= 4 is 5.82 Å². The lowest BCUT2D eigenvalue weighted by Gasteiger charge is -2.27. The van der Waals surface area contributed by atoms with Crippen LogP contribution in [0.2, 0.25) is 0 Å². The first-order valence-electron chi connectivity index (χ1n) is 7.47. The van der Waals surface area contributed by atoms with Gasteiger partial charge in [0.1, 0.15) is 5.82 Å². The Bertz CT molecular complexity index is 418. The van der Waals surface area contributed by atoms with Gasteiger partial charge < -0.3 is 15.4 Å². The molecule has 0 unspecified atom stereocenters. The number of hydrogen-bond donors (Lipinski definition) is 2. The molecule has 1 aromatic heterocycles. The Morgan fingerprint density at radius 2 is 2.21 bits per heavy atom. The number of anilines is 1. The van der Waals surface area contributed by atoms with Crippen LogP contribution in [-0.4, -0.2) is 37.3 Å². The number of aryl methyl sites for hydroxylation is 2. The van der Waals surface area contributed by atoms with Crippen molar-refractivity contribution < 1.29 is 4.74 Å². The van der Waals surface area contributed by atoms with E-state index < -0.39 is 0 Å². The number of nitrogens with one attached hydrogen (secondary N) is 2. The Kier molecular flexibility index (Phi) is 4.30. The van der Waals surface area contributed by atoms with E-state index in [4.69, 9.17) is 9.72 Å². The van der Waals surface area contributed by atoms with Crippen LogP contribution in [0.25, 0.3) is 0 Å². The quantitative estimate of drug-likeness (QED) is 0.766.